The lowest BCUT2D eigenvalue weighted by Gasteiger charge is -2.36. The Kier molecular flexibility index (Phi) is 5.01. The van der Waals surface area contributed by atoms with Crippen molar-refractivity contribution in [2.24, 2.45) is 0 Å². The van der Waals surface area contributed by atoms with Crippen molar-refractivity contribution in [2.75, 3.05) is 18.4 Å². The molecule has 1 aliphatic rings. The molecule has 0 amide bonds. The Balaban J connectivity index is 2.06. The Hall–Kier alpha value is -0.160. The average molecular weight is 337 g/mol. The maximum atomic E-state index is 13.7. The largest absolute Gasteiger partial charge is 0.372 e. The minimum atomic E-state index is -0.200. The summed E-state index contributed by atoms with van der Waals surface area (Å²) >= 11 is 9.33. The van der Waals surface area contributed by atoms with Gasteiger partial charge in [0, 0.05) is 35.6 Å². The molecular formula is C13H16BrClFNO. The number of benzene rings is 1. The highest BCUT2D eigenvalue weighted by atomic mass is 79.9. The third kappa shape index (κ3) is 3.67. The number of halogens is 3. The second kappa shape index (κ2) is 6.33. The van der Waals surface area contributed by atoms with Crippen LogP contribution in [0.5, 0.6) is 0 Å². The molecular weight excluding hydrogens is 321 g/mol. The first kappa shape index (κ1) is 14.3. The molecule has 0 spiro atoms. The molecule has 1 aliphatic heterocycles. The van der Waals surface area contributed by atoms with Crippen molar-refractivity contribution in [3.8, 4) is 0 Å². The Morgan fingerprint density at radius 1 is 1.50 bits per heavy atom. The van der Waals surface area contributed by atoms with Gasteiger partial charge >= 0.3 is 0 Å². The molecule has 0 aromatic heterocycles. The van der Waals surface area contributed by atoms with E-state index in [-0.39, 0.29) is 18.0 Å². The van der Waals surface area contributed by atoms with Crippen molar-refractivity contribution in [1.29, 1.82) is 0 Å². The molecule has 100 valence electrons. The maximum Gasteiger partial charge on any atom is 0.127 e. The quantitative estimate of drug-likeness (QED) is 0.784. The normalized spacial score (nSPS) is 25.3. The van der Waals surface area contributed by atoms with Gasteiger partial charge in [-0.05, 0) is 25.1 Å². The highest BCUT2D eigenvalue weighted by Gasteiger charge is 2.24. The van der Waals surface area contributed by atoms with Gasteiger partial charge < -0.3 is 4.74 Å². The standard InChI is InChI=1S/C13H16BrClFNO/c1-9-6-17(8-12(5-14)18-9)7-10-4-11(15)2-3-13(10)16/h2-4,9,12H,5-8H2,1H3. The molecule has 0 aliphatic carbocycles. The lowest BCUT2D eigenvalue weighted by atomic mass is 10.1. The van der Waals surface area contributed by atoms with E-state index in [0.717, 1.165) is 18.4 Å². The van der Waals surface area contributed by atoms with Gasteiger partial charge in [-0.2, -0.15) is 0 Å². The fourth-order valence-corrected chi connectivity index (χ4v) is 2.81. The van der Waals surface area contributed by atoms with Gasteiger partial charge in [-0.1, -0.05) is 27.5 Å². The second-order valence-corrected chi connectivity index (χ2v) is 5.74. The van der Waals surface area contributed by atoms with Crippen molar-refractivity contribution in [3.63, 3.8) is 0 Å². The molecule has 18 heavy (non-hydrogen) atoms. The van der Waals surface area contributed by atoms with Gasteiger partial charge in [0.1, 0.15) is 5.82 Å². The number of hydrogen-bond donors (Lipinski definition) is 0. The molecule has 0 saturated carbocycles. The molecule has 2 nitrogen and oxygen atoms in total. The van der Waals surface area contributed by atoms with Crippen molar-refractivity contribution >= 4 is 27.5 Å². The molecule has 2 unspecified atom stereocenters. The zero-order chi connectivity index (χ0) is 13.1. The molecule has 5 heteroatoms. The summed E-state index contributed by atoms with van der Waals surface area (Å²) in [6.45, 7) is 4.23. The summed E-state index contributed by atoms with van der Waals surface area (Å²) in [5.41, 5.74) is 0.643. The zero-order valence-corrected chi connectivity index (χ0v) is 12.5. The first-order valence-electron chi connectivity index (χ1n) is 5.96. The van der Waals surface area contributed by atoms with Gasteiger partial charge in [0.15, 0.2) is 0 Å². The predicted molar refractivity (Wildman–Crippen MR) is 74.8 cm³/mol. The number of alkyl halides is 1. The van der Waals surface area contributed by atoms with Gasteiger partial charge in [0.25, 0.3) is 0 Å². The molecule has 0 bridgehead atoms. The Labute approximate surface area is 120 Å². The van der Waals surface area contributed by atoms with Crippen LogP contribution >= 0.6 is 27.5 Å². The van der Waals surface area contributed by atoms with Crippen molar-refractivity contribution < 1.29 is 9.13 Å². The van der Waals surface area contributed by atoms with Crippen LogP contribution in [0.25, 0.3) is 0 Å². The second-order valence-electron chi connectivity index (χ2n) is 4.65. The van der Waals surface area contributed by atoms with Crippen LogP contribution in [0.15, 0.2) is 18.2 Å². The Morgan fingerprint density at radius 2 is 2.28 bits per heavy atom. The minimum Gasteiger partial charge on any atom is -0.372 e. The van der Waals surface area contributed by atoms with E-state index in [1.54, 1.807) is 12.1 Å². The molecule has 1 aromatic rings. The van der Waals surface area contributed by atoms with Crippen molar-refractivity contribution in [1.82, 2.24) is 4.90 Å². The molecule has 1 aromatic carbocycles. The topological polar surface area (TPSA) is 12.5 Å². The van der Waals surface area contributed by atoms with Crippen LogP contribution in [0.4, 0.5) is 4.39 Å². The number of ether oxygens (including phenoxy) is 1. The zero-order valence-electron chi connectivity index (χ0n) is 10.2. The predicted octanol–water partition coefficient (Wildman–Crippen LogP) is 3.46. The summed E-state index contributed by atoms with van der Waals surface area (Å²) < 4.78 is 19.4. The first-order valence-corrected chi connectivity index (χ1v) is 7.46. The summed E-state index contributed by atoms with van der Waals surface area (Å²) in [6, 6.07) is 4.69. The van der Waals surface area contributed by atoms with Crippen LogP contribution in [-0.4, -0.2) is 35.5 Å². The summed E-state index contributed by atoms with van der Waals surface area (Å²) in [5.74, 6) is -0.200. The molecule has 0 radical (unpaired) electrons. The van der Waals surface area contributed by atoms with Crippen molar-refractivity contribution in [3.05, 3.63) is 34.6 Å². The van der Waals surface area contributed by atoms with E-state index >= 15 is 0 Å². The van der Waals surface area contributed by atoms with E-state index in [1.165, 1.54) is 6.07 Å². The van der Waals surface area contributed by atoms with Crippen LogP contribution in [0.3, 0.4) is 0 Å². The number of rotatable bonds is 3. The SMILES string of the molecule is CC1CN(Cc2cc(Cl)ccc2F)CC(CBr)O1. The lowest BCUT2D eigenvalue weighted by Crippen LogP contribution is -2.46. The van der Waals surface area contributed by atoms with Gasteiger partial charge in [-0.3, -0.25) is 4.90 Å². The van der Waals surface area contributed by atoms with E-state index in [0.29, 0.717) is 17.1 Å². The van der Waals surface area contributed by atoms with Crippen LogP contribution in [-0.2, 0) is 11.3 Å². The van der Waals surface area contributed by atoms with Crippen LogP contribution in [0.1, 0.15) is 12.5 Å². The highest BCUT2D eigenvalue weighted by molar-refractivity contribution is 9.09. The highest BCUT2D eigenvalue weighted by Crippen LogP contribution is 2.20. The molecule has 1 saturated heterocycles. The molecule has 1 heterocycles. The van der Waals surface area contributed by atoms with Gasteiger partial charge in [-0.15, -0.1) is 0 Å². The summed E-state index contributed by atoms with van der Waals surface area (Å²) in [5, 5.41) is 1.37. The smallest absolute Gasteiger partial charge is 0.127 e. The Bertz CT molecular complexity index is 418. The van der Waals surface area contributed by atoms with Gasteiger partial charge in [0.05, 0.1) is 12.2 Å². The third-order valence-electron chi connectivity index (χ3n) is 2.98. The van der Waals surface area contributed by atoms with Crippen LogP contribution in [0.2, 0.25) is 5.02 Å². The minimum absolute atomic E-state index is 0.163. The number of nitrogens with zero attached hydrogens (tertiary/aromatic N) is 1. The Morgan fingerprint density at radius 3 is 3.00 bits per heavy atom. The van der Waals surface area contributed by atoms with E-state index in [1.807, 2.05) is 6.92 Å². The molecule has 1 fully saturated rings. The van der Waals surface area contributed by atoms with Crippen LogP contribution in [0, 0.1) is 5.82 Å². The summed E-state index contributed by atoms with van der Waals surface area (Å²) in [4.78, 5) is 2.20. The van der Waals surface area contributed by atoms with Crippen LogP contribution < -0.4 is 0 Å². The van der Waals surface area contributed by atoms with Gasteiger partial charge in [-0.25, -0.2) is 4.39 Å². The number of morpholine rings is 1. The van der Waals surface area contributed by atoms with E-state index < -0.39 is 0 Å². The molecule has 2 rings (SSSR count). The molecule has 2 atom stereocenters. The third-order valence-corrected chi connectivity index (χ3v) is 3.93. The fourth-order valence-electron chi connectivity index (χ4n) is 2.26. The lowest BCUT2D eigenvalue weighted by molar-refractivity contribution is -0.0680. The first-order chi connectivity index (χ1) is 8.58. The fraction of sp³-hybridized carbons (Fsp3) is 0.538. The summed E-state index contributed by atoms with van der Waals surface area (Å²) in [7, 11) is 0. The molecule has 0 N–H and O–H groups in total. The van der Waals surface area contributed by atoms with E-state index in [4.69, 9.17) is 16.3 Å². The van der Waals surface area contributed by atoms with Gasteiger partial charge in [0.2, 0.25) is 0 Å². The average Bonchev–Trinajstić information content (AvgIpc) is 2.33. The summed E-state index contributed by atoms with van der Waals surface area (Å²) in [6.07, 6.45) is 0.333. The van der Waals surface area contributed by atoms with E-state index in [2.05, 4.69) is 20.8 Å². The number of hydrogen-bond acceptors (Lipinski definition) is 2. The maximum absolute atomic E-state index is 13.7. The monoisotopic (exact) mass is 335 g/mol. The van der Waals surface area contributed by atoms with E-state index in [9.17, 15) is 4.39 Å². The van der Waals surface area contributed by atoms with Crippen molar-refractivity contribution in [2.45, 2.75) is 25.7 Å².